The normalized spacial score (nSPS) is 37.7. The molecule has 0 radical (unpaired) electrons. The molecule has 2 unspecified atom stereocenters. The summed E-state index contributed by atoms with van der Waals surface area (Å²) in [7, 11) is -9.14. The molecule has 248 valence electrons. The molecule has 0 spiro atoms. The van der Waals surface area contributed by atoms with Gasteiger partial charge in [-0.15, -0.1) is 0 Å². The Morgan fingerprint density at radius 1 is 0.696 bits per heavy atom. The number of aliphatic hydroxyl groups excluding tert-OH is 2. The van der Waals surface area contributed by atoms with Gasteiger partial charge >= 0.3 is 15.2 Å². The van der Waals surface area contributed by atoms with E-state index in [1.807, 2.05) is 0 Å². The van der Waals surface area contributed by atoms with Gasteiger partial charge in [-0.25, -0.2) is 29.9 Å². The molecule has 4 bridgehead atoms. The first-order valence-electron chi connectivity index (χ1n) is 13.6. The van der Waals surface area contributed by atoms with E-state index < -0.39 is 90.2 Å². The minimum Gasteiger partial charge on any atom is -0.387 e. The summed E-state index contributed by atoms with van der Waals surface area (Å²) in [6.45, 7) is -1.27. The number of ether oxygens (including phenoxy) is 4. The molecule has 46 heavy (non-hydrogen) atoms. The maximum absolute atomic E-state index is 13.1. The van der Waals surface area contributed by atoms with E-state index in [1.165, 1.54) is 34.4 Å². The predicted molar refractivity (Wildman–Crippen MR) is 150 cm³/mol. The lowest BCUT2D eigenvalue weighted by Crippen LogP contribution is -2.37. The van der Waals surface area contributed by atoms with Crippen molar-refractivity contribution in [1.82, 2.24) is 39.0 Å². The number of imidazole rings is 2. The van der Waals surface area contributed by atoms with Crippen LogP contribution >= 0.6 is 15.2 Å². The molecule has 3 fully saturated rings. The smallest absolute Gasteiger partial charge is 0.353 e. The predicted octanol–water partition coefficient (Wildman–Crippen LogP) is -1.55. The van der Waals surface area contributed by atoms with E-state index in [9.17, 15) is 29.1 Å². The summed E-state index contributed by atoms with van der Waals surface area (Å²) in [6, 6.07) is 0. The van der Waals surface area contributed by atoms with Gasteiger partial charge in [0, 0.05) is 0 Å². The summed E-state index contributed by atoms with van der Waals surface area (Å²) in [5, 5.41) is 22.2. The molecule has 0 aromatic carbocycles. The Balaban J connectivity index is 1.18. The molecule has 3 aliphatic rings. The van der Waals surface area contributed by atoms with Gasteiger partial charge in [-0.05, 0) is 0 Å². The zero-order valence-corrected chi connectivity index (χ0v) is 25.2. The van der Waals surface area contributed by atoms with E-state index in [0.717, 1.165) is 0 Å². The van der Waals surface area contributed by atoms with Crippen LogP contribution in [0.5, 0.6) is 0 Å². The monoisotopic (exact) mass is 686 g/mol. The van der Waals surface area contributed by atoms with Gasteiger partial charge in [0.15, 0.2) is 35.4 Å². The van der Waals surface area contributed by atoms with E-state index in [0.29, 0.717) is 0 Å². The van der Waals surface area contributed by atoms with Crippen LogP contribution in [-0.4, -0.2) is 122 Å². The highest BCUT2D eigenvalue weighted by Gasteiger charge is 2.50. The molecule has 0 saturated carbocycles. The highest BCUT2D eigenvalue weighted by atomic mass is 31.2. The standard InChI is InChI=1S/C22H28N10O12P2/c23-17-11-19(27-3-25-17)31(5-29-11)21-15-13(33)9(43-21)1-41-45(35,36)7-39-16-14(34)10(2-42-46(37,38)8-40-15)44-22(16)32-6-30-12-18(24)26-4-28-20(12)32/h3-6,9-10,13-16,21-22,33-34H,1-2,7-8H2,(H,35,36)(H,37,38)(H2,23,25,27)(H2,24,26,28)/t9-,10-,13-,14-,15+,16+,21-,22-/m1/s1. The molecule has 3 aliphatic heterocycles. The van der Waals surface area contributed by atoms with Gasteiger partial charge in [-0.3, -0.25) is 18.3 Å². The summed E-state index contributed by atoms with van der Waals surface area (Å²) < 4.78 is 62.7. The molecule has 0 aliphatic carbocycles. The fourth-order valence-electron chi connectivity index (χ4n) is 5.45. The second kappa shape index (κ2) is 11.8. The van der Waals surface area contributed by atoms with Gasteiger partial charge < -0.3 is 59.5 Å². The number of rotatable bonds is 2. The van der Waals surface area contributed by atoms with Crippen LogP contribution in [0.2, 0.25) is 0 Å². The van der Waals surface area contributed by atoms with E-state index >= 15 is 0 Å². The van der Waals surface area contributed by atoms with Crippen LogP contribution in [-0.2, 0) is 37.1 Å². The minimum atomic E-state index is -4.57. The Kier molecular flexibility index (Phi) is 8.03. The molecule has 0 amide bonds. The second-order valence-electron chi connectivity index (χ2n) is 10.7. The van der Waals surface area contributed by atoms with Gasteiger partial charge in [0.25, 0.3) is 0 Å². The zero-order chi connectivity index (χ0) is 32.4. The summed E-state index contributed by atoms with van der Waals surface area (Å²) in [6.07, 6.45) is -7.65. The SMILES string of the molecule is Nc1ncnc2c1ncn2[C@@H]1O[C@@H]2COP(=O)(O)CO[C@H]3[C@H](O)[C@@H](COP(=O)(O)CO[C@H]1[C@@H]2O)O[C@H]3n1cnc2c(N)ncnc21. The molecule has 8 N–H and O–H groups in total. The average molecular weight is 686 g/mol. The molecule has 24 heteroatoms. The molecule has 22 nitrogen and oxygen atoms in total. The molecule has 4 aromatic rings. The molecule has 7 heterocycles. The largest absolute Gasteiger partial charge is 0.387 e. The van der Waals surface area contributed by atoms with E-state index in [-0.39, 0.29) is 34.0 Å². The topological polar surface area (TPSA) is 310 Å². The number of hydrogen-bond acceptors (Lipinski definition) is 18. The van der Waals surface area contributed by atoms with E-state index in [2.05, 4.69) is 29.9 Å². The number of nitrogen functional groups attached to an aromatic ring is 2. The van der Waals surface area contributed by atoms with Crippen molar-refractivity contribution < 1.29 is 57.1 Å². The van der Waals surface area contributed by atoms with Gasteiger partial charge in [0.2, 0.25) is 0 Å². The first-order valence-corrected chi connectivity index (χ1v) is 17.1. The minimum absolute atomic E-state index is 0.0687. The fraction of sp³-hybridized carbons (Fsp3) is 0.545. The first-order chi connectivity index (χ1) is 21.9. The lowest BCUT2D eigenvalue weighted by atomic mass is 10.1. The molecular formula is C22H28N10O12P2. The molecule has 7 rings (SSSR count). The van der Waals surface area contributed by atoms with Gasteiger partial charge in [-0.1, -0.05) is 0 Å². The van der Waals surface area contributed by atoms with Crippen molar-refractivity contribution >= 4 is 49.2 Å². The fourth-order valence-corrected chi connectivity index (χ4v) is 7.08. The average Bonchev–Trinajstić information content (AvgIpc) is 3.77. The van der Waals surface area contributed by atoms with Crippen LogP contribution in [0.15, 0.2) is 25.3 Å². The number of aliphatic hydroxyl groups is 2. The Bertz CT molecular complexity index is 1730. The Labute approximate surface area is 257 Å². The number of anilines is 2. The lowest BCUT2D eigenvalue weighted by molar-refractivity contribution is -0.0711. The molecule has 3 saturated heterocycles. The van der Waals surface area contributed by atoms with Crippen LogP contribution in [0.3, 0.4) is 0 Å². The lowest BCUT2D eigenvalue weighted by Gasteiger charge is -2.24. The maximum atomic E-state index is 13.1. The van der Waals surface area contributed by atoms with Crippen molar-refractivity contribution in [1.29, 1.82) is 0 Å². The van der Waals surface area contributed by atoms with Crippen molar-refractivity contribution in [2.75, 3.05) is 37.4 Å². The van der Waals surface area contributed by atoms with Crippen LogP contribution < -0.4 is 11.5 Å². The number of fused-ring (bicyclic) bond motifs is 6. The Morgan fingerprint density at radius 3 is 1.52 bits per heavy atom. The number of hydrogen-bond donors (Lipinski definition) is 6. The van der Waals surface area contributed by atoms with Crippen LogP contribution in [0.1, 0.15) is 12.5 Å². The summed E-state index contributed by atoms with van der Waals surface area (Å²) in [5.74, 6) is 0.137. The van der Waals surface area contributed by atoms with Gasteiger partial charge in [0.05, 0.1) is 25.9 Å². The first kappa shape index (κ1) is 31.4. The van der Waals surface area contributed by atoms with Crippen LogP contribution in [0.25, 0.3) is 22.3 Å². The van der Waals surface area contributed by atoms with Crippen LogP contribution in [0.4, 0.5) is 11.6 Å². The third-order valence-corrected chi connectivity index (χ3v) is 9.75. The van der Waals surface area contributed by atoms with Crippen molar-refractivity contribution in [2.24, 2.45) is 0 Å². The summed E-state index contributed by atoms with van der Waals surface area (Å²) >= 11 is 0. The highest BCUT2D eigenvalue weighted by Crippen LogP contribution is 2.48. The zero-order valence-electron chi connectivity index (χ0n) is 23.4. The number of nitrogens with two attached hydrogens (primary N) is 2. The maximum Gasteiger partial charge on any atom is 0.353 e. The summed E-state index contributed by atoms with van der Waals surface area (Å²) in [4.78, 5) is 45.7. The highest BCUT2D eigenvalue weighted by molar-refractivity contribution is 7.52. The third kappa shape index (κ3) is 5.65. The molecule has 4 aromatic heterocycles. The summed E-state index contributed by atoms with van der Waals surface area (Å²) in [5.41, 5.74) is 12.6. The van der Waals surface area contributed by atoms with Crippen molar-refractivity contribution in [2.45, 2.75) is 49.1 Å². The number of aromatic nitrogens is 8. The van der Waals surface area contributed by atoms with E-state index in [4.69, 9.17) is 39.5 Å². The van der Waals surface area contributed by atoms with Gasteiger partial charge in [-0.2, -0.15) is 0 Å². The van der Waals surface area contributed by atoms with Crippen LogP contribution in [0, 0.1) is 0 Å². The third-order valence-electron chi connectivity index (χ3n) is 7.69. The van der Waals surface area contributed by atoms with E-state index in [1.54, 1.807) is 0 Å². The quantitative estimate of drug-likeness (QED) is 0.130. The Morgan fingerprint density at radius 2 is 1.11 bits per heavy atom. The molecular weight excluding hydrogens is 658 g/mol. The van der Waals surface area contributed by atoms with Gasteiger partial charge in [0.1, 0.15) is 73.0 Å². The van der Waals surface area contributed by atoms with Crippen molar-refractivity contribution in [3.63, 3.8) is 0 Å². The van der Waals surface area contributed by atoms with Crippen molar-refractivity contribution in [3.8, 4) is 0 Å². The molecule has 10 atom stereocenters. The second-order valence-corrected chi connectivity index (χ2v) is 14.2. The Hall–Kier alpha value is -3.24. The number of nitrogens with zero attached hydrogens (tertiary/aromatic N) is 8. The van der Waals surface area contributed by atoms with Crippen molar-refractivity contribution in [3.05, 3.63) is 25.3 Å².